The Hall–Kier alpha value is -3.31. The summed E-state index contributed by atoms with van der Waals surface area (Å²) < 4.78 is 0. The summed E-state index contributed by atoms with van der Waals surface area (Å²) >= 11 is 1.70. The first kappa shape index (κ1) is 16.8. The molecule has 0 fully saturated rings. The second-order valence-electron chi connectivity index (χ2n) is 6.93. The molecule has 5 heteroatoms. The fourth-order valence-corrected chi connectivity index (χ4v) is 4.33. The molecular formula is C23H17N3OS. The van der Waals surface area contributed by atoms with Crippen LogP contribution in [0.1, 0.15) is 10.4 Å². The highest BCUT2D eigenvalue weighted by atomic mass is 32.1. The number of aromatic nitrogens is 3. The summed E-state index contributed by atoms with van der Waals surface area (Å²) in [6, 6.07) is 18.5. The van der Waals surface area contributed by atoms with Crippen molar-refractivity contribution in [2.75, 3.05) is 0 Å². The third kappa shape index (κ3) is 2.80. The Morgan fingerprint density at radius 1 is 0.964 bits per heavy atom. The van der Waals surface area contributed by atoms with Gasteiger partial charge in [0.05, 0.1) is 16.1 Å². The Bertz CT molecular complexity index is 1410. The van der Waals surface area contributed by atoms with Gasteiger partial charge < -0.3 is 4.98 Å². The Morgan fingerprint density at radius 3 is 2.68 bits per heavy atom. The van der Waals surface area contributed by atoms with Gasteiger partial charge in [0.1, 0.15) is 5.65 Å². The SMILES string of the molecule is Cc1ccc(-c2nc3[nH]c(=O)c(C)cc3cc2-c2ccc3ncccc3c2)s1. The third-order valence-corrected chi connectivity index (χ3v) is 5.91. The Morgan fingerprint density at radius 2 is 1.86 bits per heavy atom. The van der Waals surface area contributed by atoms with E-state index < -0.39 is 0 Å². The van der Waals surface area contributed by atoms with Crippen LogP contribution in [0.2, 0.25) is 0 Å². The molecule has 0 aliphatic carbocycles. The summed E-state index contributed by atoms with van der Waals surface area (Å²) in [6.07, 6.45) is 1.80. The summed E-state index contributed by atoms with van der Waals surface area (Å²) in [4.78, 5) is 26.6. The van der Waals surface area contributed by atoms with Crippen molar-refractivity contribution < 1.29 is 0 Å². The van der Waals surface area contributed by atoms with Gasteiger partial charge in [0.25, 0.3) is 5.56 Å². The monoisotopic (exact) mass is 383 g/mol. The fourth-order valence-electron chi connectivity index (χ4n) is 3.46. The molecule has 0 saturated heterocycles. The number of aryl methyl sites for hydroxylation is 2. The third-order valence-electron chi connectivity index (χ3n) is 4.90. The minimum Gasteiger partial charge on any atom is -0.306 e. The normalized spacial score (nSPS) is 11.4. The van der Waals surface area contributed by atoms with Gasteiger partial charge in [-0.05, 0) is 61.9 Å². The molecule has 5 aromatic rings. The first-order valence-corrected chi connectivity index (χ1v) is 9.87. The van der Waals surface area contributed by atoms with Crippen molar-refractivity contribution in [1.82, 2.24) is 15.0 Å². The highest BCUT2D eigenvalue weighted by Gasteiger charge is 2.14. The van der Waals surface area contributed by atoms with Crippen molar-refractivity contribution in [3.8, 4) is 21.7 Å². The predicted molar refractivity (Wildman–Crippen MR) is 116 cm³/mol. The first-order chi connectivity index (χ1) is 13.6. The maximum Gasteiger partial charge on any atom is 0.252 e. The average molecular weight is 383 g/mol. The van der Waals surface area contributed by atoms with E-state index in [2.05, 4.69) is 53.3 Å². The molecule has 136 valence electrons. The molecule has 4 aromatic heterocycles. The molecule has 1 aromatic carbocycles. The summed E-state index contributed by atoms with van der Waals surface area (Å²) in [5, 5.41) is 2.02. The lowest BCUT2D eigenvalue weighted by Crippen LogP contribution is -2.09. The van der Waals surface area contributed by atoms with Gasteiger partial charge in [-0.3, -0.25) is 9.78 Å². The van der Waals surface area contributed by atoms with Gasteiger partial charge in [-0.25, -0.2) is 4.98 Å². The number of rotatable bonds is 2. The lowest BCUT2D eigenvalue weighted by atomic mass is 9.99. The molecule has 1 N–H and O–H groups in total. The molecular weight excluding hydrogens is 366 g/mol. The Kier molecular flexibility index (Phi) is 3.84. The topological polar surface area (TPSA) is 58.6 Å². The molecule has 4 nitrogen and oxygen atoms in total. The Labute approximate surface area is 165 Å². The van der Waals surface area contributed by atoms with Gasteiger partial charge in [0.2, 0.25) is 0 Å². The quantitative estimate of drug-likeness (QED) is 0.439. The number of hydrogen-bond donors (Lipinski definition) is 1. The smallest absolute Gasteiger partial charge is 0.252 e. The van der Waals surface area contributed by atoms with Crippen LogP contribution >= 0.6 is 11.3 Å². The van der Waals surface area contributed by atoms with E-state index >= 15 is 0 Å². The minimum absolute atomic E-state index is 0.0992. The standard InChI is InChI=1S/C23H17N3OS/c1-13-10-17-12-18(15-6-7-19-16(11-15)4-3-9-24-19)21(20-8-5-14(2)28-20)25-22(17)26-23(13)27/h3-12H,1-2H3,(H,25,26,27). The molecule has 28 heavy (non-hydrogen) atoms. The molecule has 0 atom stereocenters. The van der Waals surface area contributed by atoms with Crippen LogP contribution in [-0.4, -0.2) is 15.0 Å². The van der Waals surface area contributed by atoms with E-state index in [0.717, 1.165) is 38.0 Å². The average Bonchev–Trinajstić information content (AvgIpc) is 3.14. The molecule has 0 aliphatic rings. The molecule has 0 unspecified atom stereocenters. The van der Waals surface area contributed by atoms with Crippen LogP contribution in [0.15, 0.2) is 65.6 Å². The van der Waals surface area contributed by atoms with Crippen LogP contribution in [0.3, 0.4) is 0 Å². The summed E-state index contributed by atoms with van der Waals surface area (Å²) in [7, 11) is 0. The number of aromatic amines is 1. The van der Waals surface area contributed by atoms with E-state index in [1.165, 1.54) is 4.88 Å². The Balaban J connectivity index is 1.83. The number of thiophene rings is 1. The zero-order valence-electron chi connectivity index (χ0n) is 15.5. The second-order valence-corrected chi connectivity index (χ2v) is 8.21. The zero-order chi connectivity index (χ0) is 19.3. The highest BCUT2D eigenvalue weighted by Crippen LogP contribution is 2.37. The maximum absolute atomic E-state index is 12.1. The van der Waals surface area contributed by atoms with Gasteiger partial charge in [-0.2, -0.15) is 0 Å². The summed E-state index contributed by atoms with van der Waals surface area (Å²) in [6.45, 7) is 3.90. The van der Waals surface area contributed by atoms with E-state index in [1.807, 2.05) is 25.1 Å². The summed E-state index contributed by atoms with van der Waals surface area (Å²) in [5.74, 6) is 0. The van der Waals surface area contributed by atoms with Crippen LogP contribution < -0.4 is 5.56 Å². The minimum atomic E-state index is -0.0992. The van der Waals surface area contributed by atoms with Crippen molar-refractivity contribution >= 4 is 33.3 Å². The van der Waals surface area contributed by atoms with Gasteiger partial charge in [-0.1, -0.05) is 12.1 Å². The van der Waals surface area contributed by atoms with Gasteiger partial charge >= 0.3 is 0 Å². The van der Waals surface area contributed by atoms with Gasteiger partial charge in [0.15, 0.2) is 0 Å². The van der Waals surface area contributed by atoms with Crippen molar-refractivity contribution in [2.24, 2.45) is 0 Å². The molecule has 0 aliphatic heterocycles. The number of fused-ring (bicyclic) bond motifs is 2. The fraction of sp³-hybridized carbons (Fsp3) is 0.0870. The number of nitrogens with one attached hydrogen (secondary N) is 1. The van der Waals surface area contributed by atoms with Crippen LogP contribution in [-0.2, 0) is 0 Å². The van der Waals surface area contributed by atoms with Crippen LogP contribution in [0.5, 0.6) is 0 Å². The van der Waals surface area contributed by atoms with Gasteiger partial charge in [-0.15, -0.1) is 11.3 Å². The van der Waals surface area contributed by atoms with E-state index in [-0.39, 0.29) is 5.56 Å². The first-order valence-electron chi connectivity index (χ1n) is 9.05. The lowest BCUT2D eigenvalue weighted by molar-refractivity contribution is 1.19. The number of hydrogen-bond acceptors (Lipinski definition) is 4. The van der Waals surface area contributed by atoms with E-state index in [1.54, 1.807) is 17.5 Å². The van der Waals surface area contributed by atoms with Gasteiger partial charge in [0, 0.05) is 33.0 Å². The van der Waals surface area contributed by atoms with Crippen LogP contribution in [0.25, 0.3) is 43.6 Å². The zero-order valence-corrected chi connectivity index (χ0v) is 16.3. The van der Waals surface area contributed by atoms with E-state index in [4.69, 9.17) is 4.98 Å². The molecule has 0 bridgehead atoms. The molecule has 0 saturated carbocycles. The predicted octanol–water partition coefficient (Wildman–Crippen LogP) is 5.48. The number of benzene rings is 1. The number of pyridine rings is 3. The maximum atomic E-state index is 12.1. The molecule has 0 amide bonds. The molecule has 0 radical (unpaired) electrons. The van der Waals surface area contributed by atoms with Crippen LogP contribution in [0.4, 0.5) is 0 Å². The van der Waals surface area contributed by atoms with E-state index in [0.29, 0.717) is 11.2 Å². The van der Waals surface area contributed by atoms with Crippen molar-refractivity contribution in [2.45, 2.75) is 13.8 Å². The number of nitrogens with zero attached hydrogens (tertiary/aromatic N) is 2. The largest absolute Gasteiger partial charge is 0.306 e. The van der Waals surface area contributed by atoms with E-state index in [9.17, 15) is 4.79 Å². The summed E-state index contributed by atoms with van der Waals surface area (Å²) in [5.41, 5.74) is 5.18. The van der Waals surface area contributed by atoms with Crippen LogP contribution in [0, 0.1) is 13.8 Å². The molecule has 0 spiro atoms. The van der Waals surface area contributed by atoms with Crippen molar-refractivity contribution in [1.29, 1.82) is 0 Å². The molecule has 5 rings (SSSR count). The van der Waals surface area contributed by atoms with Crippen molar-refractivity contribution in [3.63, 3.8) is 0 Å². The molecule has 4 heterocycles. The number of H-pyrrole nitrogens is 1. The highest BCUT2D eigenvalue weighted by molar-refractivity contribution is 7.15. The second kappa shape index (κ2) is 6.39. The van der Waals surface area contributed by atoms with Crippen molar-refractivity contribution in [3.05, 3.63) is 81.6 Å². The lowest BCUT2D eigenvalue weighted by Gasteiger charge is -2.11.